The summed E-state index contributed by atoms with van der Waals surface area (Å²) in [6.07, 6.45) is 2.59. The molecule has 2 aromatic rings. The lowest BCUT2D eigenvalue weighted by atomic mass is 10.2. The average Bonchev–Trinajstić information content (AvgIpc) is 2.94. The van der Waals surface area contributed by atoms with Crippen molar-refractivity contribution in [1.82, 2.24) is 9.55 Å². The highest BCUT2D eigenvalue weighted by atomic mass is 16.5. The summed E-state index contributed by atoms with van der Waals surface area (Å²) in [7, 11) is 3.15. The third-order valence-corrected chi connectivity index (χ3v) is 2.98. The van der Waals surface area contributed by atoms with Crippen LogP contribution in [0.3, 0.4) is 0 Å². The minimum Gasteiger partial charge on any atom is -0.493 e. The fourth-order valence-electron chi connectivity index (χ4n) is 1.98. The number of rotatable bonds is 6. The Balaban J connectivity index is 2.34. The van der Waals surface area contributed by atoms with Crippen LogP contribution >= 0.6 is 0 Å². The predicted molar refractivity (Wildman–Crippen MR) is 73.9 cm³/mol. The maximum Gasteiger partial charge on any atom is 0.161 e. The van der Waals surface area contributed by atoms with Crippen LogP contribution in [0.4, 0.5) is 0 Å². The number of aliphatic hydroxyl groups excluding tert-OH is 2. The molecule has 0 saturated heterocycles. The molecule has 0 saturated carbocycles. The first kappa shape index (κ1) is 14.4. The molecule has 0 aliphatic rings. The maximum atomic E-state index is 9.54. The molecule has 0 bridgehead atoms. The van der Waals surface area contributed by atoms with E-state index in [-0.39, 0.29) is 13.2 Å². The van der Waals surface area contributed by atoms with Crippen LogP contribution in [-0.4, -0.2) is 46.7 Å². The zero-order chi connectivity index (χ0) is 14.5. The Hall–Kier alpha value is -2.05. The number of nitrogens with zero attached hydrogens (tertiary/aromatic N) is 2. The van der Waals surface area contributed by atoms with E-state index in [2.05, 4.69) is 4.98 Å². The fraction of sp³-hybridized carbons (Fsp3) is 0.357. The fourth-order valence-corrected chi connectivity index (χ4v) is 1.98. The van der Waals surface area contributed by atoms with Crippen molar-refractivity contribution in [2.75, 3.05) is 20.8 Å². The van der Waals surface area contributed by atoms with Crippen molar-refractivity contribution >= 4 is 0 Å². The van der Waals surface area contributed by atoms with Gasteiger partial charge in [-0.1, -0.05) is 0 Å². The number of benzene rings is 1. The summed E-state index contributed by atoms with van der Waals surface area (Å²) in [5, 5.41) is 18.5. The second-order valence-electron chi connectivity index (χ2n) is 4.31. The molecule has 1 atom stereocenters. The third kappa shape index (κ3) is 2.92. The molecule has 1 aromatic heterocycles. The molecule has 0 spiro atoms. The van der Waals surface area contributed by atoms with E-state index in [0.717, 1.165) is 5.56 Å². The Bertz CT molecular complexity index is 568. The number of ether oxygens (including phenoxy) is 2. The molecule has 6 heteroatoms. The Morgan fingerprint density at radius 3 is 2.65 bits per heavy atom. The topological polar surface area (TPSA) is 76.7 Å². The number of hydrogen-bond acceptors (Lipinski definition) is 5. The lowest BCUT2D eigenvalue weighted by Crippen LogP contribution is -2.19. The first-order valence-corrected chi connectivity index (χ1v) is 6.22. The van der Waals surface area contributed by atoms with Crippen LogP contribution in [-0.2, 0) is 6.54 Å². The zero-order valence-electron chi connectivity index (χ0n) is 11.5. The van der Waals surface area contributed by atoms with Gasteiger partial charge in [0.15, 0.2) is 11.5 Å². The van der Waals surface area contributed by atoms with Gasteiger partial charge in [0.25, 0.3) is 0 Å². The van der Waals surface area contributed by atoms with E-state index < -0.39 is 6.10 Å². The maximum absolute atomic E-state index is 9.54. The summed E-state index contributed by atoms with van der Waals surface area (Å²) in [6, 6.07) is 5.49. The standard InChI is InChI=1S/C14H18N2O4/c1-19-12-4-3-10(7-13(12)20-2)14-15-5-6-16(14)8-11(18)9-17/h3-7,11,17-18H,8-9H2,1-2H3. The lowest BCUT2D eigenvalue weighted by Gasteiger charge is -2.13. The van der Waals surface area contributed by atoms with Crippen molar-refractivity contribution in [2.24, 2.45) is 0 Å². The molecule has 2 rings (SSSR count). The average molecular weight is 278 g/mol. The van der Waals surface area contributed by atoms with Crippen molar-refractivity contribution in [3.8, 4) is 22.9 Å². The molecule has 0 fully saturated rings. The molecule has 20 heavy (non-hydrogen) atoms. The molecule has 0 amide bonds. The SMILES string of the molecule is COc1ccc(-c2nccn2CC(O)CO)cc1OC. The Labute approximate surface area is 117 Å². The van der Waals surface area contributed by atoms with Gasteiger partial charge in [-0.2, -0.15) is 0 Å². The van der Waals surface area contributed by atoms with Gasteiger partial charge in [0.1, 0.15) is 5.82 Å². The van der Waals surface area contributed by atoms with Gasteiger partial charge in [-0.3, -0.25) is 0 Å². The second kappa shape index (κ2) is 6.40. The highest BCUT2D eigenvalue weighted by Crippen LogP contribution is 2.31. The van der Waals surface area contributed by atoms with E-state index in [0.29, 0.717) is 17.3 Å². The van der Waals surface area contributed by atoms with E-state index in [1.165, 1.54) is 0 Å². The number of methoxy groups -OCH3 is 2. The Kier molecular flexibility index (Phi) is 4.60. The smallest absolute Gasteiger partial charge is 0.161 e. The summed E-state index contributed by atoms with van der Waals surface area (Å²) in [4.78, 5) is 4.28. The van der Waals surface area contributed by atoms with Crippen LogP contribution in [0.5, 0.6) is 11.5 Å². The molecule has 6 nitrogen and oxygen atoms in total. The predicted octanol–water partition coefficient (Wildman–Crippen LogP) is 0.920. The monoisotopic (exact) mass is 278 g/mol. The lowest BCUT2D eigenvalue weighted by molar-refractivity contribution is 0.0816. The normalized spacial score (nSPS) is 12.2. The largest absolute Gasteiger partial charge is 0.493 e. The summed E-state index contributed by atoms with van der Waals surface area (Å²) in [5.74, 6) is 1.95. The molecular weight excluding hydrogens is 260 g/mol. The van der Waals surface area contributed by atoms with Crippen LogP contribution < -0.4 is 9.47 Å². The van der Waals surface area contributed by atoms with Crippen LogP contribution in [0.1, 0.15) is 0 Å². The van der Waals surface area contributed by atoms with Gasteiger partial charge in [-0.25, -0.2) is 4.98 Å². The molecule has 2 N–H and O–H groups in total. The van der Waals surface area contributed by atoms with Gasteiger partial charge < -0.3 is 24.3 Å². The third-order valence-electron chi connectivity index (χ3n) is 2.98. The molecule has 1 unspecified atom stereocenters. The summed E-state index contributed by atoms with van der Waals surface area (Å²) in [5.41, 5.74) is 0.845. The Morgan fingerprint density at radius 1 is 1.25 bits per heavy atom. The second-order valence-corrected chi connectivity index (χ2v) is 4.31. The quantitative estimate of drug-likeness (QED) is 0.821. The van der Waals surface area contributed by atoms with Gasteiger partial charge in [0, 0.05) is 18.0 Å². The van der Waals surface area contributed by atoms with Crippen LogP contribution in [0.15, 0.2) is 30.6 Å². The minimum atomic E-state index is -0.817. The summed E-state index contributed by atoms with van der Waals surface area (Å²) in [6.45, 7) is -0.0102. The van der Waals surface area contributed by atoms with E-state index in [9.17, 15) is 5.11 Å². The van der Waals surface area contributed by atoms with Crippen molar-refractivity contribution in [1.29, 1.82) is 0 Å². The van der Waals surface area contributed by atoms with Gasteiger partial charge in [-0.15, -0.1) is 0 Å². The summed E-state index contributed by atoms with van der Waals surface area (Å²) < 4.78 is 12.2. The van der Waals surface area contributed by atoms with Gasteiger partial charge >= 0.3 is 0 Å². The number of aliphatic hydroxyl groups is 2. The van der Waals surface area contributed by atoms with E-state index in [4.69, 9.17) is 14.6 Å². The molecule has 0 aliphatic carbocycles. The summed E-state index contributed by atoms with van der Waals surface area (Å²) >= 11 is 0. The minimum absolute atomic E-state index is 0.278. The van der Waals surface area contributed by atoms with Gasteiger partial charge in [-0.05, 0) is 18.2 Å². The van der Waals surface area contributed by atoms with Gasteiger partial charge in [0.2, 0.25) is 0 Å². The van der Waals surface area contributed by atoms with Crippen molar-refractivity contribution in [3.05, 3.63) is 30.6 Å². The number of aromatic nitrogens is 2. The van der Waals surface area contributed by atoms with E-state index in [1.54, 1.807) is 37.2 Å². The van der Waals surface area contributed by atoms with E-state index in [1.807, 2.05) is 12.1 Å². The van der Waals surface area contributed by atoms with Gasteiger partial charge in [0.05, 0.1) is 33.5 Å². The van der Waals surface area contributed by atoms with Crippen LogP contribution in [0.25, 0.3) is 11.4 Å². The highest BCUT2D eigenvalue weighted by molar-refractivity contribution is 5.61. The van der Waals surface area contributed by atoms with Crippen molar-refractivity contribution < 1.29 is 19.7 Å². The van der Waals surface area contributed by atoms with Crippen molar-refractivity contribution in [3.63, 3.8) is 0 Å². The Morgan fingerprint density at radius 2 is 2.00 bits per heavy atom. The van der Waals surface area contributed by atoms with E-state index >= 15 is 0 Å². The van der Waals surface area contributed by atoms with Crippen molar-refractivity contribution in [2.45, 2.75) is 12.6 Å². The molecule has 1 aromatic carbocycles. The molecule has 0 radical (unpaired) electrons. The van der Waals surface area contributed by atoms with Crippen LogP contribution in [0, 0.1) is 0 Å². The highest BCUT2D eigenvalue weighted by Gasteiger charge is 2.12. The number of hydrogen-bond donors (Lipinski definition) is 2. The zero-order valence-corrected chi connectivity index (χ0v) is 11.5. The first-order chi connectivity index (χ1) is 9.69. The molecule has 0 aliphatic heterocycles. The van der Waals surface area contributed by atoms with Crippen LogP contribution in [0.2, 0.25) is 0 Å². The molecule has 108 valence electrons. The molecular formula is C14H18N2O4. The molecule has 1 heterocycles. The first-order valence-electron chi connectivity index (χ1n) is 6.22. The number of imidazole rings is 1.